The van der Waals surface area contributed by atoms with Gasteiger partial charge in [-0.3, -0.25) is 0 Å². The molecule has 0 bridgehead atoms. The highest BCUT2D eigenvalue weighted by molar-refractivity contribution is 5.77. The Balaban J connectivity index is 1.52. The van der Waals surface area contributed by atoms with E-state index in [1.807, 2.05) is 30.4 Å². The molecule has 0 atom stereocenters. The Morgan fingerprint density at radius 2 is 1.90 bits per heavy atom. The molecule has 1 aliphatic heterocycles. The Labute approximate surface area is 121 Å². The molecule has 1 saturated heterocycles. The van der Waals surface area contributed by atoms with Gasteiger partial charge in [0, 0.05) is 6.54 Å². The van der Waals surface area contributed by atoms with Crippen molar-refractivity contribution in [1.82, 2.24) is 4.90 Å². The number of hydrogen-bond acceptors (Lipinski definition) is 3. The van der Waals surface area contributed by atoms with Gasteiger partial charge in [-0.05, 0) is 44.0 Å². The number of piperidine rings is 1. The van der Waals surface area contributed by atoms with Crippen LogP contribution >= 0.6 is 0 Å². The van der Waals surface area contributed by atoms with Gasteiger partial charge in [0.05, 0.1) is 6.21 Å². The van der Waals surface area contributed by atoms with E-state index >= 15 is 0 Å². The molecule has 0 unspecified atom stereocenters. The molecule has 20 heavy (non-hydrogen) atoms. The Kier molecular flexibility index (Phi) is 6.89. The second-order valence-corrected chi connectivity index (χ2v) is 5.11. The maximum absolute atomic E-state index is 5.25. The van der Waals surface area contributed by atoms with E-state index in [1.165, 1.54) is 37.9 Å². The van der Waals surface area contributed by atoms with Crippen LogP contribution in [0.3, 0.4) is 0 Å². The van der Waals surface area contributed by atoms with Gasteiger partial charge < -0.3 is 9.74 Å². The SMILES string of the molecule is C(=C\c1ccccc1)/C=N/OCCCN1CCCCC1. The van der Waals surface area contributed by atoms with E-state index < -0.39 is 0 Å². The molecule has 3 heteroatoms. The second kappa shape index (κ2) is 9.32. The van der Waals surface area contributed by atoms with Gasteiger partial charge in [0.15, 0.2) is 0 Å². The van der Waals surface area contributed by atoms with Crippen molar-refractivity contribution in [3.63, 3.8) is 0 Å². The summed E-state index contributed by atoms with van der Waals surface area (Å²) < 4.78 is 0. The molecule has 1 aromatic carbocycles. The lowest BCUT2D eigenvalue weighted by Gasteiger charge is -2.25. The number of likely N-dealkylation sites (tertiary alicyclic amines) is 1. The summed E-state index contributed by atoms with van der Waals surface area (Å²) in [5, 5.41) is 3.94. The molecule has 1 aromatic rings. The van der Waals surface area contributed by atoms with Crippen LogP contribution in [-0.4, -0.2) is 37.4 Å². The molecule has 0 radical (unpaired) electrons. The summed E-state index contributed by atoms with van der Waals surface area (Å²) >= 11 is 0. The predicted molar refractivity (Wildman–Crippen MR) is 84.8 cm³/mol. The largest absolute Gasteiger partial charge is 0.396 e. The van der Waals surface area contributed by atoms with Gasteiger partial charge in [0.1, 0.15) is 6.61 Å². The number of allylic oxidation sites excluding steroid dienone is 1. The highest BCUT2D eigenvalue weighted by Gasteiger charge is 2.08. The Morgan fingerprint density at radius 1 is 1.10 bits per heavy atom. The third-order valence-electron chi connectivity index (χ3n) is 3.47. The first-order valence-corrected chi connectivity index (χ1v) is 7.54. The van der Waals surface area contributed by atoms with Gasteiger partial charge in [-0.15, -0.1) is 0 Å². The summed E-state index contributed by atoms with van der Waals surface area (Å²) in [6, 6.07) is 10.2. The molecule has 1 aliphatic rings. The summed E-state index contributed by atoms with van der Waals surface area (Å²) in [5.74, 6) is 0. The first kappa shape index (κ1) is 14.8. The van der Waals surface area contributed by atoms with Gasteiger partial charge in [0.2, 0.25) is 0 Å². The number of nitrogens with zero attached hydrogens (tertiary/aromatic N) is 2. The molecule has 0 aromatic heterocycles. The van der Waals surface area contributed by atoms with Crippen molar-refractivity contribution in [2.75, 3.05) is 26.2 Å². The van der Waals surface area contributed by atoms with E-state index in [-0.39, 0.29) is 0 Å². The van der Waals surface area contributed by atoms with Crippen LogP contribution in [0.2, 0.25) is 0 Å². The maximum Gasteiger partial charge on any atom is 0.118 e. The third-order valence-corrected chi connectivity index (χ3v) is 3.47. The van der Waals surface area contributed by atoms with E-state index in [9.17, 15) is 0 Å². The normalized spacial score (nSPS) is 17.0. The Morgan fingerprint density at radius 3 is 2.70 bits per heavy atom. The molecular weight excluding hydrogens is 248 g/mol. The lowest BCUT2D eigenvalue weighted by Crippen LogP contribution is -2.31. The first-order chi connectivity index (χ1) is 9.95. The molecule has 0 aliphatic carbocycles. The van der Waals surface area contributed by atoms with Crippen LogP contribution in [0, 0.1) is 0 Å². The summed E-state index contributed by atoms with van der Waals surface area (Å²) in [5.41, 5.74) is 1.17. The summed E-state index contributed by atoms with van der Waals surface area (Å²) in [6.07, 6.45) is 10.8. The van der Waals surface area contributed by atoms with E-state index in [4.69, 9.17) is 4.84 Å². The van der Waals surface area contributed by atoms with Crippen molar-refractivity contribution in [2.24, 2.45) is 5.16 Å². The molecule has 1 heterocycles. The molecule has 108 valence electrons. The van der Waals surface area contributed by atoms with Crippen molar-refractivity contribution in [2.45, 2.75) is 25.7 Å². The van der Waals surface area contributed by atoms with Crippen molar-refractivity contribution < 1.29 is 4.84 Å². The van der Waals surface area contributed by atoms with Crippen LogP contribution in [0.15, 0.2) is 41.6 Å². The number of oxime groups is 1. The molecule has 1 fully saturated rings. The quantitative estimate of drug-likeness (QED) is 0.430. The zero-order valence-corrected chi connectivity index (χ0v) is 12.1. The van der Waals surface area contributed by atoms with Gasteiger partial charge in [-0.25, -0.2) is 0 Å². The smallest absolute Gasteiger partial charge is 0.118 e. The molecule has 0 amide bonds. The fourth-order valence-corrected chi connectivity index (χ4v) is 2.38. The van der Waals surface area contributed by atoms with E-state index in [2.05, 4.69) is 22.2 Å². The Hall–Kier alpha value is -1.61. The topological polar surface area (TPSA) is 24.8 Å². The van der Waals surface area contributed by atoms with Gasteiger partial charge in [-0.1, -0.05) is 48.0 Å². The van der Waals surface area contributed by atoms with Crippen LogP contribution < -0.4 is 0 Å². The summed E-state index contributed by atoms with van der Waals surface area (Å²) in [6.45, 7) is 4.34. The standard InChI is InChI=1S/C17H24N2O/c1-3-9-17(10-4-1)11-7-12-18-20-16-8-15-19-13-5-2-6-14-19/h1,3-4,7,9-12H,2,5-6,8,13-16H2/b11-7+,18-12+. The van der Waals surface area contributed by atoms with Crippen LogP contribution in [0.5, 0.6) is 0 Å². The molecule has 0 spiro atoms. The summed E-state index contributed by atoms with van der Waals surface area (Å²) in [7, 11) is 0. The van der Waals surface area contributed by atoms with Crippen LogP contribution in [0.1, 0.15) is 31.2 Å². The predicted octanol–water partition coefficient (Wildman–Crippen LogP) is 3.58. The van der Waals surface area contributed by atoms with Crippen molar-refractivity contribution in [3.8, 4) is 0 Å². The minimum Gasteiger partial charge on any atom is -0.396 e. The van der Waals surface area contributed by atoms with E-state index in [0.717, 1.165) is 13.0 Å². The average molecular weight is 272 g/mol. The molecule has 2 rings (SSSR count). The van der Waals surface area contributed by atoms with Gasteiger partial charge in [-0.2, -0.15) is 0 Å². The fourth-order valence-electron chi connectivity index (χ4n) is 2.38. The van der Waals surface area contributed by atoms with Gasteiger partial charge in [0.25, 0.3) is 0 Å². The minimum atomic E-state index is 0.701. The second-order valence-electron chi connectivity index (χ2n) is 5.11. The van der Waals surface area contributed by atoms with Crippen LogP contribution in [0.4, 0.5) is 0 Å². The lowest BCUT2D eigenvalue weighted by atomic mass is 10.1. The van der Waals surface area contributed by atoms with Gasteiger partial charge >= 0.3 is 0 Å². The fraction of sp³-hybridized carbons (Fsp3) is 0.471. The lowest BCUT2D eigenvalue weighted by molar-refractivity contribution is 0.125. The average Bonchev–Trinajstić information content (AvgIpc) is 2.52. The van der Waals surface area contributed by atoms with Crippen LogP contribution in [-0.2, 0) is 4.84 Å². The number of rotatable bonds is 7. The number of hydrogen-bond donors (Lipinski definition) is 0. The highest BCUT2D eigenvalue weighted by atomic mass is 16.6. The monoisotopic (exact) mass is 272 g/mol. The Bertz CT molecular complexity index is 408. The third kappa shape index (κ3) is 6.02. The van der Waals surface area contributed by atoms with Crippen molar-refractivity contribution in [1.29, 1.82) is 0 Å². The van der Waals surface area contributed by atoms with Crippen LogP contribution in [0.25, 0.3) is 6.08 Å². The zero-order chi connectivity index (χ0) is 13.9. The zero-order valence-electron chi connectivity index (χ0n) is 12.1. The van der Waals surface area contributed by atoms with E-state index in [0.29, 0.717) is 6.61 Å². The number of benzene rings is 1. The summed E-state index contributed by atoms with van der Waals surface area (Å²) in [4.78, 5) is 7.77. The first-order valence-electron chi connectivity index (χ1n) is 7.54. The van der Waals surface area contributed by atoms with Crippen molar-refractivity contribution >= 4 is 12.3 Å². The molecule has 0 saturated carbocycles. The van der Waals surface area contributed by atoms with E-state index in [1.54, 1.807) is 6.21 Å². The highest BCUT2D eigenvalue weighted by Crippen LogP contribution is 2.08. The maximum atomic E-state index is 5.25. The molecular formula is C17H24N2O. The molecule has 3 nitrogen and oxygen atoms in total. The molecule has 0 N–H and O–H groups in total. The minimum absolute atomic E-state index is 0.701. The van der Waals surface area contributed by atoms with Crippen molar-refractivity contribution in [3.05, 3.63) is 42.0 Å².